The van der Waals surface area contributed by atoms with Crippen LogP contribution in [0.5, 0.6) is 0 Å². The van der Waals surface area contributed by atoms with Crippen LogP contribution >= 0.6 is 23.4 Å². The van der Waals surface area contributed by atoms with Gasteiger partial charge in [0.25, 0.3) is 0 Å². The van der Waals surface area contributed by atoms with Gasteiger partial charge in [-0.1, -0.05) is 53.7 Å². The summed E-state index contributed by atoms with van der Waals surface area (Å²) in [5.41, 5.74) is 0.941. The summed E-state index contributed by atoms with van der Waals surface area (Å²) in [5, 5.41) is 11.5. The Labute approximate surface area is 131 Å². The number of fused-ring (bicyclic) bond motifs is 1. The molecule has 21 heavy (non-hydrogen) atoms. The number of hydrogen-bond acceptors (Lipinski definition) is 3. The second kappa shape index (κ2) is 5.92. The van der Waals surface area contributed by atoms with Gasteiger partial charge in [0.1, 0.15) is 5.03 Å². The molecule has 1 aromatic carbocycles. The molecule has 3 nitrogen and oxygen atoms in total. The van der Waals surface area contributed by atoms with Crippen molar-refractivity contribution in [1.82, 2.24) is 4.98 Å². The van der Waals surface area contributed by atoms with Gasteiger partial charge in [-0.3, -0.25) is 0 Å². The third-order valence-electron chi connectivity index (χ3n) is 3.20. The van der Waals surface area contributed by atoms with Crippen molar-refractivity contribution in [3.8, 4) is 0 Å². The number of halogens is 1. The molecule has 0 unspecified atom stereocenters. The molecule has 0 radical (unpaired) electrons. The maximum absolute atomic E-state index is 11.4. The Morgan fingerprint density at radius 2 is 2.14 bits per heavy atom. The maximum Gasteiger partial charge on any atom is 0.336 e. The van der Waals surface area contributed by atoms with Gasteiger partial charge in [-0.15, -0.1) is 0 Å². The van der Waals surface area contributed by atoms with E-state index in [1.54, 1.807) is 12.1 Å². The Balaban J connectivity index is 2.07. The van der Waals surface area contributed by atoms with Gasteiger partial charge in [0.2, 0.25) is 0 Å². The van der Waals surface area contributed by atoms with E-state index in [9.17, 15) is 9.90 Å². The first-order chi connectivity index (χ1) is 10.1. The number of carbonyl (C=O) groups is 1. The van der Waals surface area contributed by atoms with Crippen molar-refractivity contribution in [2.45, 2.75) is 17.9 Å². The van der Waals surface area contributed by atoms with Crippen LogP contribution in [0.4, 0.5) is 0 Å². The molecule has 5 heteroatoms. The van der Waals surface area contributed by atoms with Crippen LogP contribution in [0.25, 0.3) is 10.9 Å². The number of carboxylic acid groups (broad SMARTS) is 1. The predicted octanol–water partition coefficient (Wildman–Crippen LogP) is 4.83. The topological polar surface area (TPSA) is 50.2 Å². The number of allylic oxidation sites excluding steroid dienone is 3. The van der Waals surface area contributed by atoms with E-state index in [4.69, 9.17) is 11.6 Å². The van der Waals surface area contributed by atoms with Crippen molar-refractivity contribution in [1.29, 1.82) is 0 Å². The molecule has 2 aromatic rings. The molecule has 0 spiro atoms. The molecule has 1 aromatic heterocycles. The monoisotopic (exact) mass is 317 g/mol. The van der Waals surface area contributed by atoms with E-state index in [-0.39, 0.29) is 5.56 Å². The lowest BCUT2D eigenvalue weighted by Crippen LogP contribution is -2.00. The Morgan fingerprint density at radius 1 is 1.33 bits per heavy atom. The van der Waals surface area contributed by atoms with Gasteiger partial charge < -0.3 is 5.11 Å². The molecule has 0 bridgehead atoms. The molecule has 0 aliphatic heterocycles. The quantitative estimate of drug-likeness (QED) is 0.881. The van der Waals surface area contributed by atoms with E-state index in [1.165, 1.54) is 11.8 Å². The minimum atomic E-state index is -0.949. The van der Waals surface area contributed by atoms with Crippen LogP contribution in [-0.2, 0) is 0 Å². The number of carboxylic acids is 1. The standard InChI is InChI=1S/C16H12ClNO2S/c17-12-6-2-4-8-14(12)21-15-9-11(16(19)20)10-5-1-3-7-13(10)18-15/h1,3-5,7-9H,2,6H2,(H,19,20). The van der Waals surface area contributed by atoms with Gasteiger partial charge in [0, 0.05) is 15.3 Å². The summed E-state index contributed by atoms with van der Waals surface area (Å²) in [5.74, 6) is -0.949. The Bertz CT molecular complexity index is 783. The summed E-state index contributed by atoms with van der Waals surface area (Å²) in [6.07, 6.45) is 5.79. The molecule has 0 saturated carbocycles. The number of nitrogens with zero attached hydrogens (tertiary/aromatic N) is 1. The highest BCUT2D eigenvalue weighted by atomic mass is 35.5. The van der Waals surface area contributed by atoms with Crippen molar-refractivity contribution in [2.75, 3.05) is 0 Å². The van der Waals surface area contributed by atoms with Crippen LogP contribution in [0.1, 0.15) is 23.2 Å². The van der Waals surface area contributed by atoms with Gasteiger partial charge in [0.15, 0.2) is 0 Å². The minimum Gasteiger partial charge on any atom is -0.478 e. The van der Waals surface area contributed by atoms with Crippen LogP contribution in [-0.4, -0.2) is 16.1 Å². The predicted molar refractivity (Wildman–Crippen MR) is 85.8 cm³/mol. The Hall–Kier alpha value is -1.78. The molecule has 0 fully saturated rings. The Kier molecular flexibility index (Phi) is 3.99. The molecular formula is C16H12ClNO2S. The van der Waals surface area contributed by atoms with Crippen LogP contribution in [0.2, 0.25) is 0 Å². The largest absolute Gasteiger partial charge is 0.478 e. The highest BCUT2D eigenvalue weighted by Gasteiger charge is 2.14. The maximum atomic E-state index is 11.4. The van der Waals surface area contributed by atoms with E-state index in [0.29, 0.717) is 15.9 Å². The molecule has 106 valence electrons. The van der Waals surface area contributed by atoms with Crippen LogP contribution < -0.4 is 0 Å². The molecular weight excluding hydrogens is 306 g/mol. The highest BCUT2D eigenvalue weighted by molar-refractivity contribution is 8.03. The first kappa shape index (κ1) is 14.2. The van der Waals surface area contributed by atoms with E-state index >= 15 is 0 Å². The second-order valence-corrected chi connectivity index (χ2v) is 6.16. The summed E-state index contributed by atoms with van der Waals surface area (Å²) in [4.78, 5) is 16.9. The highest BCUT2D eigenvalue weighted by Crippen LogP contribution is 2.36. The van der Waals surface area contributed by atoms with Crippen molar-refractivity contribution in [3.05, 3.63) is 58.0 Å². The summed E-state index contributed by atoms with van der Waals surface area (Å²) in [6.45, 7) is 0. The van der Waals surface area contributed by atoms with E-state index in [0.717, 1.165) is 22.8 Å². The summed E-state index contributed by atoms with van der Waals surface area (Å²) >= 11 is 7.62. The zero-order valence-corrected chi connectivity index (χ0v) is 12.6. The average Bonchev–Trinajstić information content (AvgIpc) is 2.48. The molecule has 0 saturated heterocycles. The summed E-state index contributed by atoms with van der Waals surface area (Å²) < 4.78 is 0. The molecule has 1 aliphatic rings. The SMILES string of the molecule is O=C(O)c1cc(SC2=C(Cl)CCC=C2)nc2ccccc12. The molecule has 3 rings (SSSR count). The number of para-hydroxylation sites is 1. The second-order valence-electron chi connectivity index (χ2n) is 4.64. The first-order valence-corrected chi connectivity index (χ1v) is 7.71. The normalized spacial score (nSPS) is 14.7. The van der Waals surface area contributed by atoms with Crippen LogP contribution in [0.3, 0.4) is 0 Å². The molecule has 1 heterocycles. The number of benzene rings is 1. The molecule has 0 amide bonds. The smallest absolute Gasteiger partial charge is 0.336 e. The zero-order valence-electron chi connectivity index (χ0n) is 11.0. The summed E-state index contributed by atoms with van der Waals surface area (Å²) in [7, 11) is 0. The average molecular weight is 318 g/mol. The third kappa shape index (κ3) is 2.96. The Morgan fingerprint density at radius 3 is 2.90 bits per heavy atom. The number of pyridine rings is 1. The van der Waals surface area contributed by atoms with Crippen LogP contribution in [0, 0.1) is 0 Å². The van der Waals surface area contributed by atoms with Crippen molar-refractivity contribution in [3.63, 3.8) is 0 Å². The van der Waals surface area contributed by atoms with Crippen molar-refractivity contribution >= 4 is 40.2 Å². The van der Waals surface area contributed by atoms with Crippen LogP contribution in [0.15, 0.2) is 57.4 Å². The number of thioether (sulfide) groups is 1. The van der Waals surface area contributed by atoms with Crippen molar-refractivity contribution in [2.24, 2.45) is 0 Å². The number of hydrogen-bond donors (Lipinski definition) is 1. The van der Waals surface area contributed by atoms with Gasteiger partial charge in [-0.25, -0.2) is 9.78 Å². The van der Waals surface area contributed by atoms with E-state index < -0.39 is 5.97 Å². The van der Waals surface area contributed by atoms with Gasteiger partial charge in [-0.2, -0.15) is 0 Å². The van der Waals surface area contributed by atoms with E-state index in [1.807, 2.05) is 24.3 Å². The molecule has 1 N–H and O–H groups in total. The summed E-state index contributed by atoms with van der Waals surface area (Å²) in [6, 6.07) is 8.86. The number of rotatable bonds is 3. The third-order valence-corrected chi connectivity index (χ3v) is 4.73. The lowest BCUT2D eigenvalue weighted by molar-refractivity contribution is 0.0698. The fourth-order valence-electron chi connectivity index (χ4n) is 2.20. The lowest BCUT2D eigenvalue weighted by Gasteiger charge is -2.11. The number of aromatic nitrogens is 1. The minimum absolute atomic E-state index is 0.264. The lowest BCUT2D eigenvalue weighted by atomic mass is 10.1. The first-order valence-electron chi connectivity index (χ1n) is 6.51. The van der Waals surface area contributed by atoms with Gasteiger partial charge >= 0.3 is 5.97 Å². The van der Waals surface area contributed by atoms with Gasteiger partial charge in [0.05, 0.1) is 11.1 Å². The van der Waals surface area contributed by atoms with Gasteiger partial charge in [-0.05, 0) is 25.0 Å². The number of aromatic carboxylic acids is 1. The van der Waals surface area contributed by atoms with E-state index in [2.05, 4.69) is 11.1 Å². The molecule has 0 atom stereocenters. The van der Waals surface area contributed by atoms with Crippen molar-refractivity contribution < 1.29 is 9.90 Å². The molecule has 1 aliphatic carbocycles. The fourth-order valence-corrected chi connectivity index (χ4v) is 3.41. The fraction of sp³-hybridized carbons (Fsp3) is 0.125. The zero-order chi connectivity index (χ0) is 14.8.